The third-order valence-electron chi connectivity index (χ3n) is 5.00. The average molecular weight is 371 g/mol. The van der Waals surface area contributed by atoms with E-state index in [0.717, 1.165) is 31.3 Å². The summed E-state index contributed by atoms with van der Waals surface area (Å²) in [5.41, 5.74) is 0.630. The van der Waals surface area contributed by atoms with Gasteiger partial charge in [-0.2, -0.15) is 0 Å². The maximum atomic E-state index is 12.8. The molecule has 1 saturated heterocycles. The molecule has 1 aromatic carbocycles. The summed E-state index contributed by atoms with van der Waals surface area (Å²) < 4.78 is 12.7. The Morgan fingerprint density at radius 2 is 1.85 bits per heavy atom. The fourth-order valence-corrected chi connectivity index (χ4v) is 3.49. The number of anilines is 1. The molecule has 2 aliphatic rings. The van der Waals surface area contributed by atoms with Gasteiger partial charge < -0.3 is 23.8 Å². The number of piperazine rings is 1. The maximum absolute atomic E-state index is 12.8. The minimum Gasteiger partial charge on any atom is -0.454 e. The van der Waals surface area contributed by atoms with Gasteiger partial charge >= 0.3 is 0 Å². The highest BCUT2D eigenvalue weighted by Crippen LogP contribution is 2.33. The summed E-state index contributed by atoms with van der Waals surface area (Å²) in [5.74, 6) is 3.76. The van der Waals surface area contributed by atoms with Gasteiger partial charge in [0, 0.05) is 45.2 Å². The highest BCUT2D eigenvalue weighted by atomic mass is 16.7. The Labute approximate surface area is 158 Å². The number of carbonyl (C=O) groups excluding carboxylic acids is 1. The van der Waals surface area contributed by atoms with Crippen LogP contribution in [-0.2, 0) is 13.5 Å². The molecule has 0 N–H and O–H groups in total. The fraction of sp³-hybridized carbons (Fsp3) is 0.526. The highest BCUT2D eigenvalue weighted by molar-refractivity contribution is 5.95. The number of benzene rings is 1. The van der Waals surface area contributed by atoms with E-state index in [1.807, 2.05) is 11.9 Å². The van der Waals surface area contributed by atoms with Crippen LogP contribution in [0.3, 0.4) is 0 Å². The first-order chi connectivity index (χ1) is 13.0. The molecule has 0 atom stereocenters. The maximum Gasteiger partial charge on any atom is 0.254 e. The third kappa shape index (κ3) is 3.43. The van der Waals surface area contributed by atoms with E-state index in [2.05, 4.69) is 33.5 Å². The molecule has 0 unspecified atom stereocenters. The van der Waals surface area contributed by atoms with Crippen LogP contribution < -0.4 is 14.4 Å². The van der Waals surface area contributed by atoms with Crippen LogP contribution in [0.25, 0.3) is 0 Å². The molecule has 0 bridgehead atoms. The number of nitrogens with zero attached hydrogens (tertiary/aromatic N) is 5. The molecule has 8 nitrogen and oxygen atoms in total. The largest absolute Gasteiger partial charge is 0.454 e. The smallest absolute Gasteiger partial charge is 0.254 e. The van der Waals surface area contributed by atoms with Gasteiger partial charge in [0.2, 0.25) is 12.7 Å². The summed E-state index contributed by atoms with van der Waals surface area (Å²) in [5, 5.41) is 8.70. The standard InChI is InChI=1S/C19H25N5O3/c1-13(2)10-17-20-21-19(22(17)3)24-8-6-23(7-9-24)18(25)14-4-5-15-16(11-14)27-12-26-15/h4-5,11,13H,6-10,12H2,1-3H3. The van der Waals surface area contributed by atoms with E-state index in [1.165, 1.54) is 0 Å². The first-order valence-corrected chi connectivity index (χ1v) is 9.35. The van der Waals surface area contributed by atoms with Crippen LogP contribution in [0.15, 0.2) is 18.2 Å². The average Bonchev–Trinajstić information content (AvgIpc) is 3.27. The third-order valence-corrected chi connectivity index (χ3v) is 5.00. The van der Waals surface area contributed by atoms with Gasteiger partial charge in [-0.15, -0.1) is 10.2 Å². The predicted molar refractivity (Wildman–Crippen MR) is 100 cm³/mol. The van der Waals surface area contributed by atoms with E-state index in [0.29, 0.717) is 36.1 Å². The molecular formula is C19H25N5O3. The van der Waals surface area contributed by atoms with Crippen LogP contribution in [0, 0.1) is 5.92 Å². The van der Waals surface area contributed by atoms with Crippen LogP contribution in [0.2, 0.25) is 0 Å². The predicted octanol–water partition coefficient (Wildman–Crippen LogP) is 1.70. The Morgan fingerprint density at radius 1 is 1.11 bits per heavy atom. The van der Waals surface area contributed by atoms with E-state index >= 15 is 0 Å². The van der Waals surface area contributed by atoms with Crippen molar-refractivity contribution in [2.45, 2.75) is 20.3 Å². The lowest BCUT2D eigenvalue weighted by atomic mass is 10.1. The number of hydrogen-bond donors (Lipinski definition) is 0. The molecule has 3 heterocycles. The van der Waals surface area contributed by atoms with E-state index < -0.39 is 0 Å². The van der Waals surface area contributed by atoms with Crippen molar-refractivity contribution in [2.75, 3.05) is 37.9 Å². The molecule has 8 heteroatoms. The molecule has 1 fully saturated rings. The zero-order chi connectivity index (χ0) is 19.0. The van der Waals surface area contributed by atoms with E-state index in [1.54, 1.807) is 18.2 Å². The van der Waals surface area contributed by atoms with Crippen molar-refractivity contribution in [3.63, 3.8) is 0 Å². The SMILES string of the molecule is CC(C)Cc1nnc(N2CCN(C(=O)c3ccc4c(c3)OCO4)CC2)n1C. The van der Waals surface area contributed by atoms with Crippen molar-refractivity contribution in [1.82, 2.24) is 19.7 Å². The Bertz CT molecular complexity index is 840. The summed E-state index contributed by atoms with van der Waals surface area (Å²) in [4.78, 5) is 16.9. The lowest BCUT2D eigenvalue weighted by Gasteiger charge is -2.35. The Morgan fingerprint density at radius 3 is 2.59 bits per heavy atom. The minimum atomic E-state index is 0.0198. The van der Waals surface area contributed by atoms with Gasteiger partial charge in [0.25, 0.3) is 5.91 Å². The second kappa shape index (κ2) is 7.09. The summed E-state index contributed by atoms with van der Waals surface area (Å²) >= 11 is 0. The van der Waals surface area contributed by atoms with Crippen molar-refractivity contribution in [3.05, 3.63) is 29.6 Å². The molecule has 0 radical (unpaired) electrons. The molecular weight excluding hydrogens is 346 g/mol. The lowest BCUT2D eigenvalue weighted by Crippen LogP contribution is -2.49. The molecule has 2 aliphatic heterocycles. The summed E-state index contributed by atoms with van der Waals surface area (Å²) in [6.07, 6.45) is 0.909. The van der Waals surface area contributed by atoms with Gasteiger partial charge in [0.1, 0.15) is 5.82 Å². The van der Waals surface area contributed by atoms with E-state index in [-0.39, 0.29) is 12.7 Å². The second-order valence-electron chi connectivity index (χ2n) is 7.42. The monoisotopic (exact) mass is 371 g/mol. The zero-order valence-electron chi connectivity index (χ0n) is 16.0. The highest BCUT2D eigenvalue weighted by Gasteiger charge is 2.26. The molecule has 4 rings (SSSR count). The molecule has 0 aliphatic carbocycles. The van der Waals surface area contributed by atoms with Crippen molar-refractivity contribution in [1.29, 1.82) is 0 Å². The fourth-order valence-electron chi connectivity index (χ4n) is 3.49. The van der Waals surface area contributed by atoms with Crippen LogP contribution in [-0.4, -0.2) is 58.5 Å². The minimum absolute atomic E-state index is 0.0198. The lowest BCUT2D eigenvalue weighted by molar-refractivity contribution is 0.0745. The van der Waals surface area contributed by atoms with Crippen molar-refractivity contribution in [3.8, 4) is 11.5 Å². The van der Waals surface area contributed by atoms with E-state index in [4.69, 9.17) is 9.47 Å². The van der Waals surface area contributed by atoms with Crippen LogP contribution in [0.4, 0.5) is 5.95 Å². The van der Waals surface area contributed by atoms with E-state index in [9.17, 15) is 4.79 Å². The van der Waals surface area contributed by atoms with Gasteiger partial charge in [-0.05, 0) is 24.1 Å². The second-order valence-corrected chi connectivity index (χ2v) is 7.42. The topological polar surface area (TPSA) is 72.7 Å². The molecule has 1 amide bonds. The quantitative estimate of drug-likeness (QED) is 0.815. The zero-order valence-corrected chi connectivity index (χ0v) is 16.0. The molecule has 27 heavy (non-hydrogen) atoms. The van der Waals surface area contributed by atoms with Gasteiger partial charge in [-0.3, -0.25) is 4.79 Å². The number of fused-ring (bicyclic) bond motifs is 1. The summed E-state index contributed by atoms with van der Waals surface area (Å²) in [6, 6.07) is 5.35. The first-order valence-electron chi connectivity index (χ1n) is 9.35. The summed E-state index contributed by atoms with van der Waals surface area (Å²) in [6.45, 7) is 7.35. The molecule has 2 aromatic rings. The van der Waals surface area contributed by atoms with Crippen LogP contribution in [0.1, 0.15) is 30.0 Å². The molecule has 1 aromatic heterocycles. The number of hydrogen-bond acceptors (Lipinski definition) is 6. The first kappa shape index (κ1) is 17.6. The number of ether oxygens (including phenoxy) is 2. The van der Waals surface area contributed by atoms with Crippen LogP contribution in [0.5, 0.6) is 11.5 Å². The Balaban J connectivity index is 1.40. The van der Waals surface area contributed by atoms with Crippen molar-refractivity contribution < 1.29 is 14.3 Å². The van der Waals surface area contributed by atoms with Gasteiger partial charge in [-0.25, -0.2) is 0 Å². The molecule has 0 spiro atoms. The number of rotatable bonds is 4. The Kier molecular flexibility index (Phi) is 4.63. The molecule has 144 valence electrons. The van der Waals surface area contributed by atoms with Gasteiger partial charge in [0.05, 0.1) is 0 Å². The number of carbonyl (C=O) groups is 1. The molecule has 0 saturated carbocycles. The normalized spacial score (nSPS) is 16.3. The van der Waals surface area contributed by atoms with Crippen molar-refractivity contribution >= 4 is 11.9 Å². The van der Waals surface area contributed by atoms with Crippen LogP contribution >= 0.6 is 0 Å². The summed E-state index contributed by atoms with van der Waals surface area (Å²) in [7, 11) is 2.01. The number of amides is 1. The van der Waals surface area contributed by atoms with Gasteiger partial charge in [0.15, 0.2) is 11.5 Å². The number of aromatic nitrogens is 3. The Hall–Kier alpha value is -2.77. The van der Waals surface area contributed by atoms with Gasteiger partial charge in [-0.1, -0.05) is 13.8 Å². The van der Waals surface area contributed by atoms with Crippen molar-refractivity contribution in [2.24, 2.45) is 13.0 Å².